The molecule has 47 heavy (non-hydrogen) atoms. The number of nitrogens with zero attached hydrogens (tertiary/aromatic N) is 4. The van der Waals surface area contributed by atoms with E-state index < -0.39 is 17.7 Å². The van der Waals surface area contributed by atoms with E-state index in [4.69, 9.17) is 24.2 Å². The number of hydrogen-bond acceptors (Lipinski definition) is 7. The lowest BCUT2D eigenvalue weighted by molar-refractivity contribution is -0.0868. The molecule has 248 valence electrons. The summed E-state index contributed by atoms with van der Waals surface area (Å²) in [5.74, 6) is -2.53. The Hall–Kier alpha value is -4.16. The Morgan fingerprint density at radius 3 is 2.51 bits per heavy atom. The number of carboxylic acid groups (broad SMARTS) is 1. The number of pyridine rings is 1. The summed E-state index contributed by atoms with van der Waals surface area (Å²) < 4.78 is 60.4. The van der Waals surface area contributed by atoms with Gasteiger partial charge in [-0.05, 0) is 68.1 Å². The standard InChI is InChI=1S/C35H37F3N4O5/c1-45-30-15-24(34(43)44)14-29-33(30)40-31(42(29)18-26-9-12-46-26)19-41-10-7-21(8-11-41)28-3-2-4-32(39-28)47-20-23-6-5-22(13-27(23)36)25-16-35(37,38)17-25/h2-6,13-15,21,25-26H,7-12,16-20H2,1H3,(H,43,44)/t26-/m0/s1. The number of halogens is 3. The van der Waals surface area contributed by atoms with Crippen molar-refractivity contribution in [2.75, 3.05) is 26.8 Å². The molecule has 9 nitrogen and oxygen atoms in total. The molecule has 1 aliphatic carbocycles. The van der Waals surface area contributed by atoms with Crippen LogP contribution in [0.1, 0.15) is 76.9 Å². The molecular weight excluding hydrogens is 613 g/mol. The van der Waals surface area contributed by atoms with Gasteiger partial charge in [-0.2, -0.15) is 0 Å². The highest BCUT2D eigenvalue weighted by molar-refractivity contribution is 5.95. The fourth-order valence-corrected chi connectivity index (χ4v) is 6.78. The minimum atomic E-state index is -2.65. The van der Waals surface area contributed by atoms with Gasteiger partial charge < -0.3 is 23.9 Å². The van der Waals surface area contributed by atoms with E-state index in [1.807, 2.05) is 12.1 Å². The highest BCUT2D eigenvalue weighted by Gasteiger charge is 2.45. The Bertz CT molecular complexity index is 1780. The molecule has 2 aromatic carbocycles. The van der Waals surface area contributed by atoms with Crippen LogP contribution in [-0.2, 0) is 24.4 Å². The lowest BCUT2D eigenvalue weighted by Gasteiger charge is -2.35. The number of methoxy groups -OCH3 is 1. The van der Waals surface area contributed by atoms with E-state index in [2.05, 4.69) is 9.47 Å². The zero-order valence-electron chi connectivity index (χ0n) is 26.1. The second-order valence-corrected chi connectivity index (χ2v) is 12.8. The normalized spacial score (nSPS) is 20.1. The van der Waals surface area contributed by atoms with E-state index in [0.29, 0.717) is 41.4 Å². The third kappa shape index (κ3) is 6.66. The van der Waals surface area contributed by atoms with Crippen LogP contribution in [0.5, 0.6) is 11.6 Å². The van der Waals surface area contributed by atoms with E-state index in [1.165, 1.54) is 19.2 Å². The van der Waals surface area contributed by atoms with Crippen LogP contribution in [0.3, 0.4) is 0 Å². The van der Waals surface area contributed by atoms with E-state index in [0.717, 1.165) is 56.0 Å². The van der Waals surface area contributed by atoms with Gasteiger partial charge in [0, 0.05) is 42.7 Å². The maximum Gasteiger partial charge on any atom is 0.335 e. The van der Waals surface area contributed by atoms with Crippen molar-refractivity contribution in [3.8, 4) is 11.6 Å². The third-order valence-electron chi connectivity index (χ3n) is 9.67. The molecule has 0 bridgehead atoms. The zero-order valence-corrected chi connectivity index (χ0v) is 26.1. The summed E-state index contributed by atoms with van der Waals surface area (Å²) in [7, 11) is 1.52. The molecule has 0 amide bonds. The minimum Gasteiger partial charge on any atom is -0.494 e. The summed E-state index contributed by atoms with van der Waals surface area (Å²) in [6, 6.07) is 13.5. The number of fused-ring (bicyclic) bond motifs is 1. The molecule has 2 aliphatic heterocycles. The first-order chi connectivity index (χ1) is 22.7. The van der Waals surface area contributed by atoms with Gasteiger partial charge in [-0.3, -0.25) is 4.90 Å². The molecule has 12 heteroatoms. The first-order valence-corrected chi connectivity index (χ1v) is 16.1. The summed E-state index contributed by atoms with van der Waals surface area (Å²) in [5.41, 5.74) is 3.39. The topological polar surface area (TPSA) is 98.9 Å². The molecule has 0 radical (unpaired) electrons. The molecule has 3 fully saturated rings. The Kier molecular flexibility index (Phi) is 8.56. The van der Waals surface area contributed by atoms with Crippen molar-refractivity contribution in [2.24, 2.45) is 0 Å². The van der Waals surface area contributed by atoms with E-state index in [1.54, 1.807) is 24.3 Å². The van der Waals surface area contributed by atoms with Gasteiger partial charge in [0.15, 0.2) is 0 Å². The Morgan fingerprint density at radius 1 is 1.06 bits per heavy atom. The van der Waals surface area contributed by atoms with Crippen molar-refractivity contribution in [2.45, 2.75) is 75.7 Å². The van der Waals surface area contributed by atoms with Crippen LogP contribution in [-0.4, -0.2) is 69.3 Å². The fourth-order valence-electron chi connectivity index (χ4n) is 6.78. The zero-order chi connectivity index (χ0) is 32.7. The molecule has 0 spiro atoms. The monoisotopic (exact) mass is 650 g/mol. The number of imidazole rings is 1. The average Bonchev–Trinajstić information content (AvgIpc) is 3.37. The molecule has 7 rings (SSSR count). The number of benzene rings is 2. The van der Waals surface area contributed by atoms with E-state index >= 15 is 0 Å². The lowest BCUT2D eigenvalue weighted by Crippen LogP contribution is -2.35. The van der Waals surface area contributed by atoms with Crippen molar-refractivity contribution in [1.29, 1.82) is 0 Å². The van der Waals surface area contributed by atoms with E-state index in [-0.39, 0.29) is 43.0 Å². The van der Waals surface area contributed by atoms with Crippen LogP contribution in [0.15, 0.2) is 48.5 Å². The number of carbonyl (C=O) groups is 1. The molecule has 1 saturated carbocycles. The lowest BCUT2D eigenvalue weighted by atomic mass is 9.76. The first-order valence-electron chi connectivity index (χ1n) is 16.1. The van der Waals surface area contributed by atoms with Gasteiger partial charge in [0.1, 0.15) is 29.5 Å². The molecule has 4 aromatic rings. The number of piperidine rings is 1. The molecule has 2 saturated heterocycles. The number of aromatic carboxylic acids is 1. The number of rotatable bonds is 11. The highest BCUT2D eigenvalue weighted by Crippen LogP contribution is 2.48. The minimum absolute atomic E-state index is 0.00647. The molecular formula is C35H37F3N4O5. The Labute approximate surface area is 270 Å². The number of ether oxygens (including phenoxy) is 3. The quantitative estimate of drug-likeness (QED) is 0.196. The predicted octanol–water partition coefficient (Wildman–Crippen LogP) is 6.54. The van der Waals surface area contributed by atoms with Crippen molar-refractivity contribution < 1.29 is 37.3 Å². The summed E-state index contributed by atoms with van der Waals surface area (Å²) in [5, 5.41) is 9.67. The first kappa shape index (κ1) is 31.4. The van der Waals surface area contributed by atoms with Gasteiger partial charge in [-0.15, -0.1) is 0 Å². The fraction of sp³-hybridized carbons (Fsp3) is 0.457. The summed E-state index contributed by atoms with van der Waals surface area (Å²) in [6.45, 7) is 3.56. The van der Waals surface area contributed by atoms with Gasteiger partial charge in [-0.25, -0.2) is 27.9 Å². The third-order valence-corrected chi connectivity index (χ3v) is 9.67. The maximum absolute atomic E-state index is 14.8. The maximum atomic E-state index is 14.8. The van der Waals surface area contributed by atoms with E-state index in [9.17, 15) is 23.1 Å². The number of hydrogen-bond donors (Lipinski definition) is 1. The molecule has 1 atom stereocenters. The molecule has 4 heterocycles. The van der Waals surface area contributed by atoms with Crippen LogP contribution in [0.25, 0.3) is 11.0 Å². The second-order valence-electron chi connectivity index (χ2n) is 12.8. The van der Waals surface area contributed by atoms with Crippen LogP contribution in [0.2, 0.25) is 0 Å². The number of alkyl halides is 2. The summed E-state index contributed by atoms with van der Waals surface area (Å²) >= 11 is 0. The van der Waals surface area contributed by atoms with Crippen molar-refractivity contribution in [3.63, 3.8) is 0 Å². The molecule has 1 N–H and O–H groups in total. The highest BCUT2D eigenvalue weighted by atomic mass is 19.3. The number of likely N-dealkylation sites (tertiary alicyclic amines) is 1. The predicted molar refractivity (Wildman–Crippen MR) is 167 cm³/mol. The number of aromatic nitrogens is 3. The smallest absolute Gasteiger partial charge is 0.335 e. The van der Waals surface area contributed by atoms with Gasteiger partial charge in [0.25, 0.3) is 0 Å². The summed E-state index contributed by atoms with van der Waals surface area (Å²) in [4.78, 5) is 23.8. The van der Waals surface area contributed by atoms with Crippen molar-refractivity contribution in [1.82, 2.24) is 19.4 Å². The van der Waals surface area contributed by atoms with Crippen LogP contribution in [0, 0.1) is 5.82 Å². The second kappa shape index (κ2) is 12.8. The van der Waals surface area contributed by atoms with Crippen LogP contribution >= 0.6 is 0 Å². The SMILES string of the molecule is COc1cc(C(=O)O)cc2c1nc(CN1CCC(c3cccc(OCc4ccc(C5CC(F)(F)C5)cc4F)n3)CC1)n2C[C@@H]1CCO1. The molecule has 0 unspecified atom stereocenters. The summed E-state index contributed by atoms with van der Waals surface area (Å²) in [6.07, 6.45) is 2.30. The van der Waals surface area contributed by atoms with Crippen molar-refractivity contribution >= 4 is 17.0 Å². The van der Waals surface area contributed by atoms with Crippen molar-refractivity contribution in [3.05, 3.63) is 82.6 Å². The van der Waals surface area contributed by atoms with Gasteiger partial charge in [0.05, 0.1) is 37.4 Å². The van der Waals surface area contributed by atoms with Gasteiger partial charge in [-0.1, -0.05) is 18.2 Å². The Morgan fingerprint density at radius 2 is 1.85 bits per heavy atom. The van der Waals surface area contributed by atoms with Crippen LogP contribution in [0.4, 0.5) is 13.2 Å². The molecule has 3 aliphatic rings. The average molecular weight is 651 g/mol. The number of carboxylic acids is 1. The van der Waals surface area contributed by atoms with Crippen LogP contribution < -0.4 is 9.47 Å². The molecule has 2 aromatic heterocycles. The largest absolute Gasteiger partial charge is 0.494 e. The van der Waals surface area contributed by atoms with Gasteiger partial charge in [0.2, 0.25) is 11.8 Å². The Balaban J connectivity index is 0.990. The van der Waals surface area contributed by atoms with Gasteiger partial charge >= 0.3 is 5.97 Å².